The number of rotatable bonds is 0. The van der Waals surface area contributed by atoms with Crippen LogP contribution in [0.25, 0.3) is 0 Å². The van der Waals surface area contributed by atoms with Gasteiger partial charge in [-0.15, -0.1) is 23.5 Å². The molecule has 4 bridgehead atoms. The van der Waals surface area contributed by atoms with Gasteiger partial charge in [0.2, 0.25) is 0 Å². The minimum absolute atomic E-state index is 0.557. The zero-order chi connectivity index (χ0) is 12.4. The van der Waals surface area contributed by atoms with E-state index in [1.54, 1.807) is 16.9 Å². The molecular weight excluding hydrogens is 268 g/mol. The number of fused-ring (bicyclic) bond motifs is 1. The molecule has 1 spiro atoms. The highest BCUT2D eigenvalue weighted by Crippen LogP contribution is 2.69. The van der Waals surface area contributed by atoms with Crippen LogP contribution < -0.4 is 0 Å². The van der Waals surface area contributed by atoms with Crippen LogP contribution in [0.15, 0.2) is 29.2 Å². The van der Waals surface area contributed by atoms with Gasteiger partial charge in [-0.2, -0.15) is 0 Å². The Kier molecular flexibility index (Phi) is 2.42. The Bertz CT molecular complexity index is 494. The summed E-state index contributed by atoms with van der Waals surface area (Å²) >= 11 is 4.56. The lowest BCUT2D eigenvalue weighted by molar-refractivity contribution is 0.0152. The molecule has 0 atom stereocenters. The van der Waals surface area contributed by atoms with E-state index in [1.807, 2.05) is 0 Å². The average Bonchev–Trinajstić information content (AvgIpc) is 2.44. The third-order valence-corrected chi connectivity index (χ3v) is 9.75. The molecule has 1 aromatic carbocycles. The Morgan fingerprint density at radius 3 is 2.32 bits per heavy atom. The van der Waals surface area contributed by atoms with Crippen LogP contribution in [0.2, 0.25) is 0 Å². The van der Waals surface area contributed by atoms with E-state index in [0.717, 1.165) is 23.7 Å². The van der Waals surface area contributed by atoms with Crippen LogP contribution in [0.4, 0.5) is 0 Å². The molecule has 5 aliphatic rings. The lowest BCUT2D eigenvalue weighted by atomic mass is 9.56. The highest BCUT2D eigenvalue weighted by molar-refractivity contribution is 8.18. The van der Waals surface area contributed by atoms with Gasteiger partial charge in [0.15, 0.2) is 0 Å². The molecule has 6 rings (SSSR count). The SMILES string of the molecule is c1ccc2c(c1)CSC1(S2)C2CC3CC(C2)CC1C3. The van der Waals surface area contributed by atoms with Gasteiger partial charge in [-0.05, 0) is 67.4 Å². The van der Waals surface area contributed by atoms with Crippen LogP contribution in [0.1, 0.15) is 37.7 Å². The summed E-state index contributed by atoms with van der Waals surface area (Å²) in [4.78, 5) is 1.59. The summed E-state index contributed by atoms with van der Waals surface area (Å²) in [6.07, 6.45) is 7.71. The summed E-state index contributed by atoms with van der Waals surface area (Å²) in [5.41, 5.74) is 1.58. The van der Waals surface area contributed by atoms with Gasteiger partial charge < -0.3 is 0 Å². The van der Waals surface area contributed by atoms with Crippen LogP contribution in [-0.4, -0.2) is 4.08 Å². The molecule has 0 N–H and O–H groups in total. The summed E-state index contributed by atoms with van der Waals surface area (Å²) in [5, 5.41) is 0. The van der Waals surface area contributed by atoms with Gasteiger partial charge in [-0.1, -0.05) is 18.2 Å². The van der Waals surface area contributed by atoms with E-state index in [-0.39, 0.29) is 0 Å². The molecule has 4 fully saturated rings. The summed E-state index contributed by atoms with van der Waals surface area (Å²) in [6, 6.07) is 9.13. The van der Waals surface area contributed by atoms with Crippen LogP contribution in [0.5, 0.6) is 0 Å². The number of thioether (sulfide) groups is 2. The fourth-order valence-electron chi connectivity index (χ4n) is 5.36. The van der Waals surface area contributed by atoms with Crippen molar-refractivity contribution in [1.82, 2.24) is 0 Å². The zero-order valence-corrected chi connectivity index (χ0v) is 12.8. The van der Waals surface area contributed by atoms with Crippen molar-refractivity contribution in [3.05, 3.63) is 29.8 Å². The first-order valence-corrected chi connectivity index (χ1v) is 9.54. The number of hydrogen-bond acceptors (Lipinski definition) is 2. The van der Waals surface area contributed by atoms with Crippen LogP contribution in [-0.2, 0) is 5.75 Å². The van der Waals surface area contributed by atoms with E-state index in [4.69, 9.17) is 0 Å². The normalized spacial score (nSPS) is 46.5. The highest BCUT2D eigenvalue weighted by atomic mass is 32.2. The summed E-state index contributed by atoms with van der Waals surface area (Å²) < 4.78 is 0.557. The molecule has 19 heavy (non-hydrogen) atoms. The third-order valence-electron chi connectivity index (χ3n) is 5.97. The van der Waals surface area contributed by atoms with E-state index in [1.165, 1.54) is 31.4 Å². The molecular formula is C17H20S2. The van der Waals surface area contributed by atoms with Crippen molar-refractivity contribution in [2.24, 2.45) is 23.7 Å². The predicted octanol–water partition coefficient (Wildman–Crippen LogP) is 5.18. The Labute approximate surface area is 124 Å². The van der Waals surface area contributed by atoms with Crippen molar-refractivity contribution in [2.75, 3.05) is 0 Å². The number of benzene rings is 1. The van der Waals surface area contributed by atoms with Gasteiger partial charge in [-0.25, -0.2) is 0 Å². The minimum Gasteiger partial charge on any atom is -0.138 e. The van der Waals surface area contributed by atoms with Gasteiger partial charge >= 0.3 is 0 Å². The Morgan fingerprint density at radius 2 is 1.58 bits per heavy atom. The van der Waals surface area contributed by atoms with Gasteiger partial charge in [0.05, 0.1) is 4.08 Å². The van der Waals surface area contributed by atoms with Crippen molar-refractivity contribution in [2.45, 2.75) is 46.8 Å². The van der Waals surface area contributed by atoms with E-state index in [0.29, 0.717) is 4.08 Å². The molecule has 0 unspecified atom stereocenters. The highest BCUT2D eigenvalue weighted by Gasteiger charge is 2.58. The largest absolute Gasteiger partial charge is 0.138 e. The Morgan fingerprint density at radius 1 is 0.895 bits per heavy atom. The molecule has 4 aliphatic carbocycles. The van der Waals surface area contributed by atoms with Gasteiger partial charge in [0, 0.05) is 10.6 Å². The van der Waals surface area contributed by atoms with Gasteiger partial charge in [0.1, 0.15) is 0 Å². The second kappa shape index (κ2) is 3.98. The third kappa shape index (κ3) is 1.56. The first-order valence-electron chi connectivity index (χ1n) is 7.74. The average molecular weight is 288 g/mol. The zero-order valence-electron chi connectivity index (χ0n) is 11.2. The molecule has 0 amide bonds. The first-order chi connectivity index (χ1) is 9.33. The van der Waals surface area contributed by atoms with E-state index < -0.39 is 0 Å². The maximum atomic E-state index is 2.37. The van der Waals surface area contributed by atoms with Gasteiger partial charge in [-0.3, -0.25) is 0 Å². The van der Waals surface area contributed by atoms with Gasteiger partial charge in [0.25, 0.3) is 0 Å². The smallest absolute Gasteiger partial charge is 0.0717 e. The topological polar surface area (TPSA) is 0 Å². The first kappa shape index (κ1) is 11.6. The molecule has 1 aliphatic heterocycles. The predicted molar refractivity (Wildman–Crippen MR) is 83.4 cm³/mol. The van der Waals surface area contributed by atoms with Crippen molar-refractivity contribution in [3.8, 4) is 0 Å². The Balaban J connectivity index is 1.56. The van der Waals surface area contributed by atoms with Crippen molar-refractivity contribution >= 4 is 23.5 Å². The second-order valence-corrected chi connectivity index (χ2v) is 9.86. The minimum atomic E-state index is 0.557. The van der Waals surface area contributed by atoms with Crippen LogP contribution in [0.3, 0.4) is 0 Å². The molecule has 2 heteroatoms. The molecule has 0 aromatic heterocycles. The molecule has 4 saturated carbocycles. The Hall–Kier alpha value is -0.0800. The lowest BCUT2D eigenvalue weighted by Crippen LogP contribution is -2.54. The molecule has 1 heterocycles. The van der Waals surface area contributed by atoms with Crippen molar-refractivity contribution in [3.63, 3.8) is 0 Å². The maximum Gasteiger partial charge on any atom is 0.0717 e. The van der Waals surface area contributed by atoms with E-state index in [2.05, 4.69) is 47.8 Å². The molecule has 100 valence electrons. The fraction of sp³-hybridized carbons (Fsp3) is 0.647. The fourth-order valence-corrected chi connectivity index (χ4v) is 9.10. The molecule has 1 aromatic rings. The van der Waals surface area contributed by atoms with E-state index >= 15 is 0 Å². The second-order valence-electron chi connectivity index (χ2n) is 7.02. The number of hydrogen-bond donors (Lipinski definition) is 0. The standard InChI is InChI=1S/C17H20S2/c1-2-4-16-13(3-1)10-18-17(19-16)14-6-11-5-12(8-14)9-15(17)7-11/h1-4,11-12,14-15H,5-10H2. The van der Waals surface area contributed by atoms with Crippen LogP contribution in [0, 0.1) is 23.7 Å². The molecule has 0 nitrogen and oxygen atoms in total. The molecule has 0 radical (unpaired) electrons. The maximum absolute atomic E-state index is 2.37. The van der Waals surface area contributed by atoms with Crippen molar-refractivity contribution < 1.29 is 0 Å². The van der Waals surface area contributed by atoms with E-state index in [9.17, 15) is 0 Å². The molecule has 0 saturated heterocycles. The van der Waals surface area contributed by atoms with Crippen molar-refractivity contribution in [1.29, 1.82) is 0 Å². The summed E-state index contributed by atoms with van der Waals surface area (Å²) in [6.45, 7) is 0. The monoisotopic (exact) mass is 288 g/mol. The summed E-state index contributed by atoms with van der Waals surface area (Å²) in [5.74, 6) is 5.45. The quantitative estimate of drug-likeness (QED) is 0.645. The van der Waals surface area contributed by atoms with Crippen LogP contribution >= 0.6 is 23.5 Å². The summed E-state index contributed by atoms with van der Waals surface area (Å²) in [7, 11) is 0. The lowest BCUT2D eigenvalue weighted by Gasteiger charge is -2.61.